The van der Waals surface area contributed by atoms with E-state index in [4.69, 9.17) is 4.74 Å². The van der Waals surface area contributed by atoms with Crippen molar-refractivity contribution in [2.45, 2.75) is 17.1 Å². The molecule has 0 saturated carbocycles. The van der Waals surface area contributed by atoms with E-state index in [1.807, 2.05) is 48.7 Å². The minimum atomic E-state index is -0.501. The number of rotatable bonds is 11. The van der Waals surface area contributed by atoms with Crippen molar-refractivity contribution >= 4 is 73.6 Å². The van der Waals surface area contributed by atoms with Crippen LogP contribution in [0.5, 0.6) is 5.75 Å². The minimum Gasteiger partial charge on any atom is -0.497 e. The average Bonchev–Trinajstić information content (AvgIpc) is 3.54. The van der Waals surface area contributed by atoms with Crippen LogP contribution >= 0.6 is 39.0 Å². The number of hydrogen-bond acceptors (Lipinski definition) is 7. The van der Waals surface area contributed by atoms with Crippen molar-refractivity contribution < 1.29 is 19.1 Å². The zero-order valence-electron chi connectivity index (χ0n) is 24.8. The second-order valence-corrected chi connectivity index (χ2v) is 13.1. The Kier molecular flexibility index (Phi) is 11.0. The maximum atomic E-state index is 13.5. The van der Waals surface area contributed by atoms with Crippen molar-refractivity contribution in [2.24, 2.45) is 0 Å². The van der Waals surface area contributed by atoms with E-state index in [0.29, 0.717) is 27.7 Å². The Morgan fingerprint density at radius 1 is 0.913 bits per heavy atom. The summed E-state index contributed by atoms with van der Waals surface area (Å²) in [5, 5.41) is 10.5. The van der Waals surface area contributed by atoms with Crippen molar-refractivity contribution in [3.63, 3.8) is 0 Å². The zero-order chi connectivity index (χ0) is 32.5. The molecule has 1 unspecified atom stereocenters. The van der Waals surface area contributed by atoms with Gasteiger partial charge in [0.2, 0.25) is 5.91 Å². The van der Waals surface area contributed by atoms with E-state index in [-0.39, 0.29) is 11.6 Å². The first-order valence-corrected chi connectivity index (χ1v) is 16.6. The van der Waals surface area contributed by atoms with Crippen LogP contribution in [0.4, 0.5) is 10.8 Å². The number of carbonyl (C=O) groups excluding carboxylic acids is 3. The molecule has 0 fully saturated rings. The summed E-state index contributed by atoms with van der Waals surface area (Å²) in [5.74, 6) is -0.433. The first kappa shape index (κ1) is 32.7. The number of thiazole rings is 1. The minimum absolute atomic E-state index is 0.0655. The summed E-state index contributed by atoms with van der Waals surface area (Å²) >= 11 is 6.15. The molecule has 0 bridgehead atoms. The first-order valence-electron chi connectivity index (χ1n) is 14.1. The van der Waals surface area contributed by atoms with E-state index in [1.54, 1.807) is 79.9 Å². The fourth-order valence-electron chi connectivity index (χ4n) is 4.20. The molecule has 4 aromatic carbocycles. The van der Waals surface area contributed by atoms with Gasteiger partial charge in [0.25, 0.3) is 11.8 Å². The van der Waals surface area contributed by atoms with Gasteiger partial charge in [0, 0.05) is 31.6 Å². The van der Waals surface area contributed by atoms with Crippen LogP contribution in [0.1, 0.15) is 22.8 Å². The van der Waals surface area contributed by atoms with Crippen molar-refractivity contribution in [1.29, 1.82) is 0 Å². The SMILES string of the molecule is COc1ccc(/C=C(/NC(=O)c2ccccc2)C(=O)Nc2cccc(SC(C)C(=O)Nc3nc(-c4ccc(Br)cc4)cs3)c2)cc1. The Hall–Kier alpha value is -4.71. The van der Waals surface area contributed by atoms with E-state index < -0.39 is 17.1 Å². The Morgan fingerprint density at radius 2 is 1.65 bits per heavy atom. The third-order valence-electron chi connectivity index (χ3n) is 6.60. The summed E-state index contributed by atoms with van der Waals surface area (Å²) in [4.78, 5) is 44.8. The van der Waals surface area contributed by atoms with Gasteiger partial charge >= 0.3 is 0 Å². The van der Waals surface area contributed by atoms with Crippen LogP contribution in [-0.2, 0) is 9.59 Å². The topological polar surface area (TPSA) is 109 Å². The largest absolute Gasteiger partial charge is 0.497 e. The number of methoxy groups -OCH3 is 1. The van der Waals surface area contributed by atoms with Crippen molar-refractivity contribution in [1.82, 2.24) is 10.3 Å². The number of carbonyl (C=O) groups is 3. The van der Waals surface area contributed by atoms with E-state index in [1.165, 1.54) is 23.1 Å². The number of anilines is 2. The molecule has 5 aromatic rings. The summed E-state index contributed by atoms with van der Waals surface area (Å²) in [6.07, 6.45) is 1.60. The Morgan fingerprint density at radius 3 is 2.37 bits per heavy atom. The summed E-state index contributed by atoms with van der Waals surface area (Å²) in [6.45, 7) is 1.81. The fourth-order valence-corrected chi connectivity index (χ4v) is 6.12. The van der Waals surface area contributed by atoms with Crippen LogP contribution in [0.25, 0.3) is 17.3 Å². The number of ether oxygens (including phenoxy) is 1. The molecule has 232 valence electrons. The molecule has 8 nitrogen and oxygen atoms in total. The van der Waals surface area contributed by atoms with Gasteiger partial charge in [-0.2, -0.15) is 0 Å². The molecule has 0 spiro atoms. The Labute approximate surface area is 283 Å². The van der Waals surface area contributed by atoms with Gasteiger partial charge in [0.15, 0.2) is 5.13 Å². The molecular weight excluding hydrogens is 684 g/mol. The van der Waals surface area contributed by atoms with Crippen molar-refractivity contribution in [3.05, 3.63) is 130 Å². The molecule has 0 saturated heterocycles. The van der Waals surface area contributed by atoms with Gasteiger partial charge in [-0.15, -0.1) is 23.1 Å². The van der Waals surface area contributed by atoms with Crippen molar-refractivity contribution in [2.75, 3.05) is 17.7 Å². The lowest BCUT2D eigenvalue weighted by atomic mass is 10.1. The van der Waals surface area contributed by atoms with Gasteiger partial charge in [-0.25, -0.2) is 4.98 Å². The van der Waals surface area contributed by atoms with E-state index in [9.17, 15) is 14.4 Å². The number of nitrogens with one attached hydrogen (secondary N) is 3. The maximum Gasteiger partial charge on any atom is 0.272 e. The van der Waals surface area contributed by atoms with E-state index >= 15 is 0 Å². The van der Waals surface area contributed by atoms with Crippen LogP contribution < -0.4 is 20.7 Å². The normalized spacial score (nSPS) is 11.8. The van der Waals surface area contributed by atoms with Gasteiger partial charge in [-0.3, -0.25) is 14.4 Å². The lowest BCUT2D eigenvalue weighted by Gasteiger charge is -2.14. The van der Waals surface area contributed by atoms with Crippen LogP contribution in [0.15, 0.2) is 124 Å². The third kappa shape index (κ3) is 8.94. The van der Waals surface area contributed by atoms with Gasteiger partial charge < -0.3 is 20.7 Å². The smallest absolute Gasteiger partial charge is 0.272 e. The molecule has 0 aliphatic carbocycles. The van der Waals surface area contributed by atoms with Gasteiger partial charge in [-0.1, -0.05) is 64.5 Å². The molecule has 1 heterocycles. The summed E-state index contributed by atoms with van der Waals surface area (Å²) < 4.78 is 6.21. The van der Waals surface area contributed by atoms with E-state index in [0.717, 1.165) is 20.6 Å². The summed E-state index contributed by atoms with van der Waals surface area (Å²) in [6, 6.07) is 30.8. The molecule has 3 N–H and O–H groups in total. The number of aromatic nitrogens is 1. The maximum absolute atomic E-state index is 13.5. The quantitative estimate of drug-likeness (QED) is 0.0943. The summed E-state index contributed by atoms with van der Waals surface area (Å²) in [7, 11) is 1.57. The number of nitrogens with zero attached hydrogens (tertiary/aromatic N) is 1. The van der Waals surface area contributed by atoms with Gasteiger partial charge in [0.1, 0.15) is 11.4 Å². The monoisotopic (exact) mass is 712 g/mol. The molecule has 5 rings (SSSR count). The Balaban J connectivity index is 1.25. The highest BCUT2D eigenvalue weighted by molar-refractivity contribution is 9.10. The predicted molar refractivity (Wildman–Crippen MR) is 189 cm³/mol. The highest BCUT2D eigenvalue weighted by Crippen LogP contribution is 2.29. The lowest BCUT2D eigenvalue weighted by Crippen LogP contribution is -2.30. The number of hydrogen-bond donors (Lipinski definition) is 3. The highest BCUT2D eigenvalue weighted by atomic mass is 79.9. The number of thioether (sulfide) groups is 1. The molecular formula is C35H29BrN4O4S2. The molecule has 1 aromatic heterocycles. The molecule has 0 aliphatic rings. The van der Waals surface area contributed by atoms with E-state index in [2.05, 4.69) is 36.9 Å². The molecule has 0 radical (unpaired) electrons. The number of halogens is 1. The average molecular weight is 714 g/mol. The second-order valence-electron chi connectivity index (χ2n) is 9.93. The van der Waals surface area contributed by atoms with Crippen LogP contribution in [-0.4, -0.2) is 35.1 Å². The molecule has 0 aliphatic heterocycles. The third-order valence-corrected chi connectivity index (χ3v) is 8.98. The molecule has 3 amide bonds. The number of benzene rings is 4. The van der Waals surface area contributed by atoms with Crippen LogP contribution in [0.2, 0.25) is 0 Å². The standard InChI is InChI=1S/C35H29BrN4O4S2/c1-22(32(41)40-35-39-31(21-45-35)24-13-15-26(36)16-14-24)46-29-10-6-9-27(20-29)37-34(43)30(19-23-11-17-28(44-2)18-12-23)38-33(42)25-7-4-3-5-8-25/h3-22H,1-2H3,(H,37,43)(H,38,42)(H,39,40,41)/b30-19+. The zero-order valence-corrected chi connectivity index (χ0v) is 28.0. The number of amides is 3. The first-order chi connectivity index (χ1) is 22.3. The Bertz CT molecular complexity index is 1860. The van der Waals surface area contributed by atoms with Gasteiger partial charge in [0.05, 0.1) is 18.1 Å². The fraction of sp³-hybridized carbons (Fsp3) is 0.0857. The second kappa shape index (κ2) is 15.5. The molecule has 1 atom stereocenters. The van der Waals surface area contributed by atoms with Crippen LogP contribution in [0, 0.1) is 0 Å². The summed E-state index contributed by atoms with van der Waals surface area (Å²) in [5.41, 5.74) is 3.45. The lowest BCUT2D eigenvalue weighted by molar-refractivity contribution is -0.115. The highest BCUT2D eigenvalue weighted by Gasteiger charge is 2.18. The van der Waals surface area contributed by atoms with Crippen LogP contribution in [0.3, 0.4) is 0 Å². The van der Waals surface area contributed by atoms with Crippen molar-refractivity contribution in [3.8, 4) is 17.0 Å². The molecule has 46 heavy (non-hydrogen) atoms. The molecule has 11 heteroatoms. The van der Waals surface area contributed by atoms with Gasteiger partial charge in [-0.05, 0) is 73.2 Å². The predicted octanol–water partition coefficient (Wildman–Crippen LogP) is 8.11.